The first-order chi connectivity index (χ1) is 12.9. The number of fused-ring (bicyclic) bond motifs is 1. The van der Waals surface area contributed by atoms with Crippen molar-refractivity contribution in [1.29, 1.82) is 0 Å². The highest BCUT2D eigenvalue weighted by Crippen LogP contribution is 2.29. The summed E-state index contributed by atoms with van der Waals surface area (Å²) < 4.78 is 20.3. The van der Waals surface area contributed by atoms with Crippen molar-refractivity contribution >= 4 is 5.78 Å². The Labute approximate surface area is 161 Å². The van der Waals surface area contributed by atoms with Gasteiger partial charge in [0, 0.05) is 6.42 Å². The van der Waals surface area contributed by atoms with Crippen LogP contribution in [0, 0.1) is 0 Å². The Bertz CT molecular complexity index is 719. The van der Waals surface area contributed by atoms with Crippen LogP contribution in [0.5, 0.6) is 0 Å². The number of nitrogens with zero attached hydrogens (tertiary/aromatic N) is 2. The van der Waals surface area contributed by atoms with Gasteiger partial charge in [-0.2, -0.15) is 5.10 Å². The lowest BCUT2D eigenvalue weighted by molar-refractivity contribution is 0.0421. The molecular weight excluding hydrogens is 343 g/mol. The van der Waals surface area contributed by atoms with Crippen LogP contribution < -0.4 is 0 Å². The lowest BCUT2D eigenvalue weighted by Crippen LogP contribution is -2.22. The molecule has 0 saturated heterocycles. The average molecular weight is 375 g/mol. The molecule has 0 aliphatic carbocycles. The third-order valence-electron chi connectivity index (χ3n) is 5.01. The predicted octanol–water partition coefficient (Wildman–Crippen LogP) is 5.52. The summed E-state index contributed by atoms with van der Waals surface area (Å²) in [7, 11) is 0. The maximum atomic E-state index is 12.5. The molecular formula is C22H31FN2O2. The molecule has 0 N–H and O–H groups in total. The van der Waals surface area contributed by atoms with E-state index in [0.717, 1.165) is 17.7 Å². The molecule has 1 aliphatic rings. The highest BCUT2D eigenvalue weighted by atomic mass is 19.1. The summed E-state index contributed by atoms with van der Waals surface area (Å²) in [5.74, 6) is 0.112. The molecule has 1 unspecified atom stereocenters. The highest BCUT2D eigenvalue weighted by Gasteiger charge is 2.26. The molecule has 0 amide bonds. The van der Waals surface area contributed by atoms with Gasteiger partial charge >= 0.3 is 0 Å². The normalized spacial score (nSPS) is 16.3. The van der Waals surface area contributed by atoms with E-state index < -0.39 is 5.67 Å². The molecule has 0 bridgehead atoms. The van der Waals surface area contributed by atoms with Gasteiger partial charge < -0.3 is 4.74 Å². The van der Waals surface area contributed by atoms with Crippen molar-refractivity contribution in [1.82, 2.24) is 9.78 Å². The lowest BCUT2D eigenvalue weighted by Gasteiger charge is -2.24. The van der Waals surface area contributed by atoms with Crippen LogP contribution in [0.2, 0.25) is 0 Å². The number of alkyl halides is 1. The van der Waals surface area contributed by atoms with Gasteiger partial charge in [-0.05, 0) is 37.8 Å². The highest BCUT2D eigenvalue weighted by molar-refractivity contribution is 5.94. The molecule has 3 rings (SSSR count). The smallest absolute Gasteiger partial charge is 0.183 e. The van der Waals surface area contributed by atoms with E-state index in [4.69, 9.17) is 4.74 Å². The van der Waals surface area contributed by atoms with Crippen molar-refractivity contribution in [3.8, 4) is 0 Å². The second-order valence-corrected chi connectivity index (χ2v) is 7.13. The summed E-state index contributed by atoms with van der Waals surface area (Å²) in [6.07, 6.45) is 2.53. The summed E-state index contributed by atoms with van der Waals surface area (Å²) >= 11 is 0. The predicted molar refractivity (Wildman–Crippen MR) is 106 cm³/mol. The second kappa shape index (κ2) is 9.79. The first-order valence-electron chi connectivity index (χ1n) is 9.88. The van der Waals surface area contributed by atoms with Crippen LogP contribution in [0.1, 0.15) is 81.2 Å². The third kappa shape index (κ3) is 5.73. The molecule has 0 saturated carbocycles. The van der Waals surface area contributed by atoms with Crippen molar-refractivity contribution in [3.63, 3.8) is 0 Å². The lowest BCUT2D eigenvalue weighted by atomic mass is 10.0. The monoisotopic (exact) mass is 374 g/mol. The Morgan fingerprint density at radius 3 is 2.48 bits per heavy atom. The Hall–Kier alpha value is -2.01. The molecule has 0 fully saturated rings. The Kier molecular flexibility index (Phi) is 7.72. The number of aromatic nitrogens is 2. The van der Waals surface area contributed by atoms with Gasteiger partial charge in [-0.15, -0.1) is 0 Å². The number of carbonyl (C=O) groups is 1. The van der Waals surface area contributed by atoms with Gasteiger partial charge in [0.2, 0.25) is 0 Å². The SMILES string of the molecule is CCC(C)(F)CC.CCCC(=O)c1cc2n(n1)CCOC2c1ccccc1. The van der Waals surface area contributed by atoms with Crippen molar-refractivity contribution in [2.24, 2.45) is 0 Å². The Morgan fingerprint density at radius 2 is 1.93 bits per heavy atom. The number of benzene rings is 1. The number of halogens is 1. The molecule has 2 heterocycles. The van der Waals surface area contributed by atoms with Crippen LogP contribution in [-0.2, 0) is 11.3 Å². The third-order valence-corrected chi connectivity index (χ3v) is 5.01. The van der Waals surface area contributed by atoms with E-state index in [0.29, 0.717) is 38.1 Å². The maximum Gasteiger partial charge on any atom is 0.183 e. The van der Waals surface area contributed by atoms with Crippen molar-refractivity contribution in [2.75, 3.05) is 6.61 Å². The fourth-order valence-electron chi connectivity index (χ4n) is 2.80. The quantitative estimate of drug-likeness (QED) is 0.625. The van der Waals surface area contributed by atoms with Crippen LogP contribution >= 0.6 is 0 Å². The van der Waals surface area contributed by atoms with Gasteiger partial charge in [0.15, 0.2) is 5.78 Å². The first kappa shape index (κ1) is 21.3. The minimum absolute atomic E-state index is 0.112. The van der Waals surface area contributed by atoms with E-state index in [1.807, 2.05) is 61.9 Å². The van der Waals surface area contributed by atoms with Gasteiger partial charge in [-0.1, -0.05) is 51.1 Å². The number of ether oxygens (including phenoxy) is 1. The average Bonchev–Trinajstić information content (AvgIpc) is 3.14. The number of rotatable bonds is 6. The van der Waals surface area contributed by atoms with E-state index in [-0.39, 0.29) is 11.9 Å². The molecule has 1 aromatic heterocycles. The van der Waals surface area contributed by atoms with Gasteiger partial charge in [0.1, 0.15) is 17.5 Å². The second-order valence-electron chi connectivity index (χ2n) is 7.13. The zero-order valence-corrected chi connectivity index (χ0v) is 16.9. The zero-order valence-electron chi connectivity index (χ0n) is 16.9. The van der Waals surface area contributed by atoms with Crippen LogP contribution in [0.25, 0.3) is 0 Å². The summed E-state index contributed by atoms with van der Waals surface area (Å²) in [6, 6.07) is 11.9. The topological polar surface area (TPSA) is 44.1 Å². The minimum Gasteiger partial charge on any atom is -0.365 e. The summed E-state index contributed by atoms with van der Waals surface area (Å²) in [5.41, 5.74) is 1.72. The van der Waals surface area contributed by atoms with E-state index in [1.54, 1.807) is 6.92 Å². The molecule has 5 heteroatoms. The molecule has 2 aromatic rings. The summed E-state index contributed by atoms with van der Waals surface area (Å²) in [6.45, 7) is 8.69. The van der Waals surface area contributed by atoms with Crippen LogP contribution in [0.15, 0.2) is 36.4 Å². The molecule has 1 aromatic carbocycles. The molecule has 0 spiro atoms. The maximum absolute atomic E-state index is 12.5. The molecule has 1 aliphatic heterocycles. The van der Waals surface area contributed by atoms with Gasteiger partial charge in [-0.3, -0.25) is 9.48 Å². The van der Waals surface area contributed by atoms with Crippen molar-refractivity contribution in [3.05, 3.63) is 53.3 Å². The largest absolute Gasteiger partial charge is 0.365 e. The van der Waals surface area contributed by atoms with Crippen molar-refractivity contribution in [2.45, 2.75) is 71.7 Å². The number of ketones is 1. The fraction of sp³-hybridized carbons (Fsp3) is 0.545. The van der Waals surface area contributed by atoms with Gasteiger partial charge in [0.25, 0.3) is 0 Å². The van der Waals surface area contributed by atoms with E-state index in [9.17, 15) is 9.18 Å². The number of carbonyl (C=O) groups excluding carboxylic acids is 1. The summed E-state index contributed by atoms with van der Waals surface area (Å²) in [4.78, 5) is 12.0. The minimum atomic E-state index is -0.917. The molecule has 1 atom stereocenters. The molecule has 4 nitrogen and oxygen atoms in total. The van der Waals surface area contributed by atoms with E-state index in [2.05, 4.69) is 5.10 Å². The summed E-state index contributed by atoms with van der Waals surface area (Å²) in [5, 5.41) is 4.43. The molecule has 0 radical (unpaired) electrons. The zero-order chi connectivity index (χ0) is 19.9. The van der Waals surface area contributed by atoms with Gasteiger partial charge in [-0.25, -0.2) is 4.39 Å². The molecule has 27 heavy (non-hydrogen) atoms. The Balaban J connectivity index is 0.000000321. The first-order valence-corrected chi connectivity index (χ1v) is 9.88. The van der Waals surface area contributed by atoms with E-state index >= 15 is 0 Å². The van der Waals surface area contributed by atoms with Crippen LogP contribution in [0.3, 0.4) is 0 Å². The number of hydrogen-bond donors (Lipinski definition) is 0. The standard InChI is InChI=1S/C16H18N2O2.C6H13F/c1-2-6-15(19)13-11-14-16(12-7-4-3-5-8-12)20-10-9-18(14)17-13;1-4-6(3,7)5-2/h3-5,7-8,11,16H,2,6,9-10H2,1H3;4-5H2,1-3H3. The molecule has 148 valence electrons. The van der Waals surface area contributed by atoms with Crippen LogP contribution in [0.4, 0.5) is 4.39 Å². The van der Waals surface area contributed by atoms with E-state index in [1.165, 1.54) is 0 Å². The Morgan fingerprint density at radius 1 is 1.26 bits per heavy atom. The van der Waals surface area contributed by atoms with Crippen LogP contribution in [-0.4, -0.2) is 27.8 Å². The van der Waals surface area contributed by atoms with Crippen molar-refractivity contribution < 1.29 is 13.9 Å². The fourth-order valence-corrected chi connectivity index (χ4v) is 2.80. The number of Topliss-reactive ketones (excluding diaryl/α,β-unsaturated/α-hetero) is 1. The number of hydrogen-bond acceptors (Lipinski definition) is 3. The van der Waals surface area contributed by atoms with Gasteiger partial charge in [0.05, 0.1) is 18.8 Å².